The van der Waals surface area contributed by atoms with Crippen molar-refractivity contribution in [2.24, 2.45) is 0 Å². The van der Waals surface area contributed by atoms with Crippen LogP contribution < -0.4 is 5.32 Å². The van der Waals surface area contributed by atoms with E-state index in [4.69, 9.17) is 9.26 Å². The summed E-state index contributed by atoms with van der Waals surface area (Å²) in [4.78, 5) is 15.0. The van der Waals surface area contributed by atoms with E-state index in [0.29, 0.717) is 44.3 Å². The Hall–Kier alpha value is -1.43. The van der Waals surface area contributed by atoms with E-state index < -0.39 is 0 Å². The van der Waals surface area contributed by atoms with Gasteiger partial charge in [0, 0.05) is 19.5 Å². The summed E-state index contributed by atoms with van der Waals surface area (Å²) < 4.78 is 9.73. The van der Waals surface area contributed by atoms with Crippen molar-refractivity contribution in [1.82, 2.24) is 15.5 Å². The van der Waals surface area contributed by atoms with E-state index in [1.165, 1.54) is 0 Å². The third-order valence-electron chi connectivity index (χ3n) is 1.90. The summed E-state index contributed by atoms with van der Waals surface area (Å²) in [7, 11) is 0. The number of hydrogen-bond donors (Lipinski definition) is 1. The first-order chi connectivity index (χ1) is 7.72. The predicted octanol–water partition coefficient (Wildman–Crippen LogP) is 0.463. The fraction of sp³-hybridized carbons (Fsp3) is 0.700. The minimum atomic E-state index is -0.177. The molecule has 0 fully saturated rings. The van der Waals surface area contributed by atoms with Crippen molar-refractivity contribution in [3.05, 3.63) is 11.7 Å². The smallest absolute Gasteiger partial charge is 0.307 e. The van der Waals surface area contributed by atoms with E-state index in [1.54, 1.807) is 13.8 Å². The normalized spacial score (nSPS) is 10.4. The zero-order valence-electron chi connectivity index (χ0n) is 9.65. The summed E-state index contributed by atoms with van der Waals surface area (Å²) in [5, 5.41) is 6.78. The molecule has 0 atom stereocenters. The number of nitrogens with zero attached hydrogens (tertiary/aromatic N) is 2. The molecule has 1 aromatic rings. The molecule has 6 nitrogen and oxygen atoms in total. The summed E-state index contributed by atoms with van der Waals surface area (Å²) in [6.45, 7) is 5.32. The molecule has 0 saturated carbocycles. The topological polar surface area (TPSA) is 77.2 Å². The van der Waals surface area contributed by atoms with E-state index in [1.807, 2.05) is 0 Å². The zero-order chi connectivity index (χ0) is 11.8. The van der Waals surface area contributed by atoms with Gasteiger partial charge in [0.2, 0.25) is 5.89 Å². The Balaban J connectivity index is 2.02. The minimum absolute atomic E-state index is 0.177. The first kappa shape index (κ1) is 12.6. The number of carbonyl (C=O) groups excluding carboxylic acids is 1. The SMILES string of the molecule is CCOC(=O)CCNCCc1nc(C)no1. The molecule has 0 aromatic carbocycles. The first-order valence-corrected chi connectivity index (χ1v) is 5.38. The van der Waals surface area contributed by atoms with Crippen molar-refractivity contribution in [1.29, 1.82) is 0 Å². The number of esters is 1. The molecule has 1 rings (SSSR count). The Morgan fingerprint density at radius 2 is 2.31 bits per heavy atom. The molecule has 0 aliphatic heterocycles. The highest BCUT2D eigenvalue weighted by Crippen LogP contribution is 1.95. The van der Waals surface area contributed by atoms with Gasteiger partial charge in [0.15, 0.2) is 5.82 Å². The number of carbonyl (C=O) groups is 1. The van der Waals surface area contributed by atoms with Crippen LogP contribution in [0.25, 0.3) is 0 Å². The van der Waals surface area contributed by atoms with E-state index in [0.717, 1.165) is 0 Å². The molecule has 1 N–H and O–H groups in total. The van der Waals surface area contributed by atoms with Gasteiger partial charge >= 0.3 is 5.97 Å². The van der Waals surface area contributed by atoms with Crippen LogP contribution in [0.5, 0.6) is 0 Å². The van der Waals surface area contributed by atoms with Crippen LogP contribution in [-0.2, 0) is 16.0 Å². The Morgan fingerprint density at radius 3 is 2.94 bits per heavy atom. The van der Waals surface area contributed by atoms with Crippen LogP contribution in [0.15, 0.2) is 4.52 Å². The number of ether oxygens (including phenoxy) is 1. The summed E-state index contributed by atoms with van der Waals surface area (Å²) in [5.74, 6) is 1.08. The first-order valence-electron chi connectivity index (χ1n) is 5.38. The Bertz CT molecular complexity index is 325. The van der Waals surface area contributed by atoms with Gasteiger partial charge in [0.25, 0.3) is 0 Å². The largest absolute Gasteiger partial charge is 0.466 e. The van der Waals surface area contributed by atoms with E-state index in [-0.39, 0.29) is 5.97 Å². The maximum atomic E-state index is 11.0. The van der Waals surface area contributed by atoms with Gasteiger partial charge in [0.05, 0.1) is 13.0 Å². The van der Waals surface area contributed by atoms with Gasteiger partial charge in [-0.15, -0.1) is 0 Å². The fourth-order valence-electron chi connectivity index (χ4n) is 1.19. The maximum absolute atomic E-state index is 11.0. The molecule has 1 heterocycles. The molecule has 0 bridgehead atoms. The average Bonchev–Trinajstić information content (AvgIpc) is 2.64. The lowest BCUT2D eigenvalue weighted by Gasteiger charge is -2.02. The second-order valence-corrected chi connectivity index (χ2v) is 3.29. The minimum Gasteiger partial charge on any atom is -0.466 e. The van der Waals surface area contributed by atoms with Crippen LogP contribution in [0.2, 0.25) is 0 Å². The lowest BCUT2D eigenvalue weighted by atomic mass is 10.4. The Morgan fingerprint density at radius 1 is 1.50 bits per heavy atom. The van der Waals surface area contributed by atoms with Gasteiger partial charge < -0.3 is 14.6 Å². The van der Waals surface area contributed by atoms with Crippen LogP contribution >= 0.6 is 0 Å². The van der Waals surface area contributed by atoms with Crippen LogP contribution in [0, 0.1) is 6.92 Å². The molecule has 1 aromatic heterocycles. The van der Waals surface area contributed by atoms with Gasteiger partial charge in [-0.05, 0) is 13.8 Å². The van der Waals surface area contributed by atoms with Gasteiger partial charge in [-0.3, -0.25) is 4.79 Å². The number of nitrogens with one attached hydrogen (secondary N) is 1. The molecule has 0 aliphatic rings. The molecule has 0 radical (unpaired) electrons. The number of hydrogen-bond acceptors (Lipinski definition) is 6. The quantitative estimate of drug-likeness (QED) is 0.538. The van der Waals surface area contributed by atoms with Crippen LogP contribution in [0.4, 0.5) is 0 Å². The molecular formula is C10H17N3O3. The number of aryl methyl sites for hydroxylation is 1. The Kier molecular flexibility index (Phi) is 5.49. The predicted molar refractivity (Wildman–Crippen MR) is 56.9 cm³/mol. The molecule has 0 saturated heterocycles. The average molecular weight is 227 g/mol. The summed E-state index contributed by atoms with van der Waals surface area (Å²) in [5.41, 5.74) is 0. The van der Waals surface area contributed by atoms with Crippen molar-refractivity contribution >= 4 is 5.97 Å². The monoisotopic (exact) mass is 227 g/mol. The van der Waals surface area contributed by atoms with Crippen LogP contribution in [0.3, 0.4) is 0 Å². The van der Waals surface area contributed by atoms with E-state index in [2.05, 4.69) is 15.5 Å². The third kappa shape index (κ3) is 4.88. The standard InChI is InChI=1S/C10H17N3O3/c1-3-15-10(14)5-7-11-6-4-9-12-8(2)13-16-9/h11H,3-7H2,1-2H3. The molecular weight excluding hydrogens is 210 g/mol. The van der Waals surface area contributed by atoms with Gasteiger partial charge in [-0.25, -0.2) is 0 Å². The molecule has 90 valence electrons. The van der Waals surface area contributed by atoms with E-state index >= 15 is 0 Å². The van der Waals surface area contributed by atoms with Crippen molar-refractivity contribution in [3.63, 3.8) is 0 Å². The van der Waals surface area contributed by atoms with E-state index in [9.17, 15) is 4.79 Å². The molecule has 0 amide bonds. The lowest BCUT2D eigenvalue weighted by Crippen LogP contribution is -2.21. The second-order valence-electron chi connectivity index (χ2n) is 3.29. The van der Waals surface area contributed by atoms with Gasteiger partial charge in [0.1, 0.15) is 0 Å². The molecule has 0 spiro atoms. The lowest BCUT2D eigenvalue weighted by molar-refractivity contribution is -0.142. The van der Waals surface area contributed by atoms with Crippen molar-refractivity contribution in [3.8, 4) is 0 Å². The second kappa shape index (κ2) is 6.95. The highest BCUT2D eigenvalue weighted by molar-refractivity contribution is 5.69. The Labute approximate surface area is 94.4 Å². The van der Waals surface area contributed by atoms with Crippen LogP contribution in [-0.4, -0.2) is 35.8 Å². The summed E-state index contributed by atoms with van der Waals surface area (Å²) in [6, 6.07) is 0. The molecule has 6 heteroatoms. The fourth-order valence-corrected chi connectivity index (χ4v) is 1.19. The number of rotatable bonds is 7. The third-order valence-corrected chi connectivity index (χ3v) is 1.90. The number of aromatic nitrogens is 2. The highest BCUT2D eigenvalue weighted by atomic mass is 16.5. The summed E-state index contributed by atoms with van der Waals surface area (Å²) in [6.07, 6.45) is 1.06. The summed E-state index contributed by atoms with van der Waals surface area (Å²) >= 11 is 0. The molecule has 16 heavy (non-hydrogen) atoms. The maximum Gasteiger partial charge on any atom is 0.307 e. The van der Waals surface area contributed by atoms with Crippen molar-refractivity contribution < 1.29 is 14.1 Å². The van der Waals surface area contributed by atoms with Crippen molar-refractivity contribution in [2.45, 2.75) is 26.7 Å². The zero-order valence-corrected chi connectivity index (χ0v) is 9.65. The van der Waals surface area contributed by atoms with Gasteiger partial charge in [-0.2, -0.15) is 4.98 Å². The van der Waals surface area contributed by atoms with Crippen molar-refractivity contribution in [2.75, 3.05) is 19.7 Å². The molecule has 0 unspecified atom stereocenters. The molecule has 0 aliphatic carbocycles. The van der Waals surface area contributed by atoms with Crippen LogP contribution in [0.1, 0.15) is 25.1 Å². The van der Waals surface area contributed by atoms with Gasteiger partial charge in [-0.1, -0.05) is 5.16 Å². The highest BCUT2D eigenvalue weighted by Gasteiger charge is 2.03.